The predicted octanol–water partition coefficient (Wildman–Crippen LogP) is 7.08. The maximum atomic E-state index is 6.22. The van der Waals surface area contributed by atoms with Gasteiger partial charge in [-0.25, -0.2) is 0 Å². The number of nitrogens with one attached hydrogen (secondary N) is 1. The Bertz CT molecular complexity index is 983. The van der Waals surface area contributed by atoms with Crippen molar-refractivity contribution < 1.29 is 9.47 Å². The van der Waals surface area contributed by atoms with Crippen molar-refractivity contribution >= 4 is 21.6 Å². The summed E-state index contributed by atoms with van der Waals surface area (Å²) in [5, 5.41) is 3.50. The van der Waals surface area contributed by atoms with Gasteiger partial charge in [-0.2, -0.15) is 0 Å². The highest BCUT2D eigenvalue weighted by Crippen LogP contribution is 2.35. The Morgan fingerprint density at radius 1 is 1.00 bits per heavy atom. The first-order valence-corrected chi connectivity index (χ1v) is 11.0. The Kier molecular flexibility index (Phi) is 7.97. The first-order valence-electron chi connectivity index (χ1n) is 10.2. The van der Waals surface area contributed by atoms with Crippen molar-refractivity contribution in [1.29, 1.82) is 0 Å². The van der Waals surface area contributed by atoms with E-state index in [1.165, 1.54) is 5.56 Å². The lowest BCUT2D eigenvalue weighted by Gasteiger charge is -2.18. The fraction of sp³-hybridized carbons (Fsp3) is 0.231. The molecule has 0 spiro atoms. The molecule has 0 aliphatic rings. The highest BCUT2D eigenvalue weighted by atomic mass is 79.9. The second-order valence-corrected chi connectivity index (χ2v) is 8.06. The summed E-state index contributed by atoms with van der Waals surface area (Å²) in [5.74, 6) is 1.56. The van der Waals surface area contributed by atoms with Gasteiger partial charge in [0.05, 0.1) is 6.61 Å². The second-order valence-electron chi connectivity index (χ2n) is 7.15. The van der Waals surface area contributed by atoms with Gasteiger partial charge in [0.2, 0.25) is 0 Å². The molecular formula is C26H28BrNO2. The van der Waals surface area contributed by atoms with E-state index in [1.807, 2.05) is 25.1 Å². The SMILES string of the molecule is C=CCc1cc(CNc2cccc(C)c2)cc(OCC)c1OCc1ccc(Br)cc1. The fourth-order valence-electron chi connectivity index (χ4n) is 3.25. The number of benzene rings is 3. The van der Waals surface area contributed by atoms with Gasteiger partial charge < -0.3 is 14.8 Å². The number of anilines is 1. The molecule has 0 heterocycles. The predicted molar refractivity (Wildman–Crippen MR) is 128 cm³/mol. The molecule has 0 saturated heterocycles. The van der Waals surface area contributed by atoms with Crippen molar-refractivity contribution in [3.8, 4) is 11.5 Å². The van der Waals surface area contributed by atoms with Crippen LogP contribution in [-0.4, -0.2) is 6.61 Å². The van der Waals surface area contributed by atoms with Crippen LogP contribution < -0.4 is 14.8 Å². The molecule has 0 aliphatic carbocycles. The van der Waals surface area contributed by atoms with Crippen LogP contribution in [0.25, 0.3) is 0 Å². The van der Waals surface area contributed by atoms with E-state index in [9.17, 15) is 0 Å². The molecule has 30 heavy (non-hydrogen) atoms. The normalized spacial score (nSPS) is 10.5. The van der Waals surface area contributed by atoms with E-state index in [1.54, 1.807) is 0 Å². The smallest absolute Gasteiger partial charge is 0.165 e. The molecule has 0 atom stereocenters. The zero-order valence-corrected chi connectivity index (χ0v) is 19.2. The quantitative estimate of drug-likeness (QED) is 0.324. The molecule has 3 nitrogen and oxygen atoms in total. The van der Waals surface area contributed by atoms with Gasteiger partial charge in [-0.05, 0) is 73.4 Å². The van der Waals surface area contributed by atoms with Gasteiger partial charge >= 0.3 is 0 Å². The lowest BCUT2D eigenvalue weighted by atomic mass is 10.0. The van der Waals surface area contributed by atoms with E-state index in [0.717, 1.165) is 38.3 Å². The van der Waals surface area contributed by atoms with Crippen LogP contribution in [0.5, 0.6) is 11.5 Å². The average Bonchev–Trinajstić information content (AvgIpc) is 2.73. The number of ether oxygens (including phenoxy) is 2. The van der Waals surface area contributed by atoms with Crippen LogP contribution in [0.15, 0.2) is 77.8 Å². The summed E-state index contributed by atoms with van der Waals surface area (Å²) in [6, 6.07) is 20.8. The second kappa shape index (κ2) is 10.9. The topological polar surface area (TPSA) is 30.5 Å². The van der Waals surface area contributed by atoms with Crippen molar-refractivity contribution in [2.75, 3.05) is 11.9 Å². The van der Waals surface area contributed by atoms with Crippen LogP contribution in [-0.2, 0) is 19.6 Å². The van der Waals surface area contributed by atoms with Gasteiger partial charge in [0.15, 0.2) is 11.5 Å². The minimum atomic E-state index is 0.485. The summed E-state index contributed by atoms with van der Waals surface area (Å²) >= 11 is 3.47. The number of rotatable bonds is 10. The lowest BCUT2D eigenvalue weighted by Crippen LogP contribution is -2.06. The molecular weight excluding hydrogens is 438 g/mol. The molecule has 3 rings (SSSR count). The number of allylic oxidation sites excluding steroid dienone is 1. The van der Waals surface area contributed by atoms with Crippen LogP contribution >= 0.6 is 15.9 Å². The molecule has 4 heteroatoms. The Balaban J connectivity index is 1.83. The molecule has 0 radical (unpaired) electrons. The molecule has 1 N–H and O–H groups in total. The molecule has 0 aliphatic heterocycles. The molecule has 3 aromatic carbocycles. The zero-order valence-electron chi connectivity index (χ0n) is 17.6. The molecule has 3 aromatic rings. The lowest BCUT2D eigenvalue weighted by molar-refractivity contribution is 0.267. The van der Waals surface area contributed by atoms with Crippen LogP contribution in [0.1, 0.15) is 29.2 Å². The molecule has 0 bridgehead atoms. The van der Waals surface area contributed by atoms with Crippen molar-refractivity contribution in [2.45, 2.75) is 33.4 Å². The summed E-state index contributed by atoms with van der Waals surface area (Å²) in [6.45, 7) is 9.78. The van der Waals surface area contributed by atoms with E-state index < -0.39 is 0 Å². The Hall–Kier alpha value is -2.72. The summed E-state index contributed by atoms with van der Waals surface area (Å²) in [4.78, 5) is 0. The minimum Gasteiger partial charge on any atom is -0.490 e. The van der Waals surface area contributed by atoms with Gasteiger partial charge in [-0.15, -0.1) is 6.58 Å². The summed E-state index contributed by atoms with van der Waals surface area (Å²) < 4.78 is 13.2. The fourth-order valence-corrected chi connectivity index (χ4v) is 3.52. The highest BCUT2D eigenvalue weighted by molar-refractivity contribution is 9.10. The maximum absolute atomic E-state index is 6.22. The van der Waals surface area contributed by atoms with E-state index in [0.29, 0.717) is 26.2 Å². The van der Waals surface area contributed by atoms with Gasteiger partial charge in [0.25, 0.3) is 0 Å². The summed E-state index contributed by atoms with van der Waals surface area (Å²) in [5.41, 5.74) is 5.67. The van der Waals surface area contributed by atoms with E-state index >= 15 is 0 Å². The molecule has 0 amide bonds. The van der Waals surface area contributed by atoms with Crippen LogP contribution in [0.2, 0.25) is 0 Å². The van der Waals surface area contributed by atoms with Gasteiger partial charge in [-0.3, -0.25) is 0 Å². The molecule has 0 fully saturated rings. The molecule has 0 unspecified atom stereocenters. The van der Waals surface area contributed by atoms with Crippen molar-refractivity contribution in [3.63, 3.8) is 0 Å². The monoisotopic (exact) mass is 465 g/mol. The first kappa shape index (κ1) is 22.0. The Labute approximate surface area is 187 Å². The molecule has 156 valence electrons. The zero-order chi connectivity index (χ0) is 21.3. The standard InChI is InChI=1S/C26H28BrNO2/c1-4-7-22-15-21(17-28-24-9-6-8-19(3)14-24)16-25(29-5-2)26(22)30-18-20-10-12-23(27)13-11-20/h4,6,8-16,28H,1,5,7,17-18H2,2-3H3. The van der Waals surface area contributed by atoms with Crippen LogP contribution in [0, 0.1) is 6.92 Å². The van der Waals surface area contributed by atoms with Crippen molar-refractivity contribution in [1.82, 2.24) is 0 Å². The Morgan fingerprint density at radius 2 is 1.80 bits per heavy atom. The van der Waals surface area contributed by atoms with Crippen molar-refractivity contribution in [2.24, 2.45) is 0 Å². The maximum Gasteiger partial charge on any atom is 0.165 e. The van der Waals surface area contributed by atoms with E-state index in [2.05, 4.69) is 83.3 Å². The summed E-state index contributed by atoms with van der Waals surface area (Å²) in [6.07, 6.45) is 2.61. The minimum absolute atomic E-state index is 0.485. The number of hydrogen-bond donors (Lipinski definition) is 1. The number of hydrogen-bond acceptors (Lipinski definition) is 3. The van der Waals surface area contributed by atoms with Gasteiger partial charge in [-0.1, -0.05) is 46.3 Å². The number of halogens is 1. The highest BCUT2D eigenvalue weighted by Gasteiger charge is 2.14. The van der Waals surface area contributed by atoms with Crippen LogP contribution in [0.3, 0.4) is 0 Å². The van der Waals surface area contributed by atoms with Gasteiger partial charge in [0, 0.05) is 22.3 Å². The van der Waals surface area contributed by atoms with Crippen molar-refractivity contribution in [3.05, 3.63) is 100 Å². The average molecular weight is 466 g/mol. The van der Waals surface area contributed by atoms with Crippen LogP contribution in [0.4, 0.5) is 5.69 Å². The molecule has 0 saturated carbocycles. The van der Waals surface area contributed by atoms with E-state index in [4.69, 9.17) is 9.47 Å². The summed E-state index contributed by atoms with van der Waals surface area (Å²) in [7, 11) is 0. The third-order valence-corrected chi connectivity index (χ3v) is 5.20. The van der Waals surface area contributed by atoms with E-state index in [-0.39, 0.29) is 0 Å². The number of aryl methyl sites for hydroxylation is 1. The first-order chi connectivity index (χ1) is 14.6. The largest absolute Gasteiger partial charge is 0.490 e. The Morgan fingerprint density at radius 3 is 2.50 bits per heavy atom. The third kappa shape index (κ3) is 6.14. The third-order valence-electron chi connectivity index (χ3n) is 4.67. The van der Waals surface area contributed by atoms with Gasteiger partial charge in [0.1, 0.15) is 6.61 Å². The molecule has 0 aromatic heterocycles.